The predicted octanol–water partition coefficient (Wildman–Crippen LogP) is 2.22. The quantitative estimate of drug-likeness (QED) is 0.800. The van der Waals surface area contributed by atoms with E-state index >= 15 is 0 Å². The van der Waals surface area contributed by atoms with E-state index in [0.29, 0.717) is 6.79 Å². The van der Waals surface area contributed by atoms with Crippen molar-refractivity contribution in [1.82, 2.24) is 19.6 Å². The number of ether oxygens (including phenoxy) is 2. The van der Waals surface area contributed by atoms with Gasteiger partial charge in [-0.05, 0) is 29.9 Å². The summed E-state index contributed by atoms with van der Waals surface area (Å²) in [6.07, 6.45) is 0. The molecule has 3 heterocycles. The predicted molar refractivity (Wildman–Crippen MR) is 99.9 cm³/mol. The Morgan fingerprint density at radius 3 is 2.68 bits per heavy atom. The van der Waals surface area contributed by atoms with Crippen LogP contribution in [-0.4, -0.2) is 59.6 Å². The third-order valence-electron chi connectivity index (χ3n) is 4.46. The van der Waals surface area contributed by atoms with Crippen LogP contribution in [0, 0.1) is 3.95 Å². The molecule has 0 aliphatic carbocycles. The Morgan fingerprint density at radius 1 is 1.16 bits per heavy atom. The molecular formula is C16H21N5O2S2. The van der Waals surface area contributed by atoms with E-state index in [1.165, 1.54) is 16.9 Å². The van der Waals surface area contributed by atoms with Crippen LogP contribution in [0.2, 0.25) is 0 Å². The fourth-order valence-corrected chi connectivity index (χ4v) is 4.02. The average molecular weight is 380 g/mol. The van der Waals surface area contributed by atoms with E-state index in [2.05, 4.69) is 32.3 Å². The number of fused-ring (bicyclic) bond motifs is 1. The fraction of sp³-hybridized carbons (Fsp3) is 0.500. The van der Waals surface area contributed by atoms with Crippen molar-refractivity contribution in [1.29, 1.82) is 0 Å². The minimum Gasteiger partial charge on any atom is -0.454 e. The molecule has 0 unspecified atom stereocenters. The third kappa shape index (κ3) is 3.79. The topological polar surface area (TPSA) is 54.8 Å². The molecule has 0 bridgehead atoms. The summed E-state index contributed by atoms with van der Waals surface area (Å²) in [4.78, 5) is 4.86. The summed E-state index contributed by atoms with van der Waals surface area (Å²) in [5.41, 5.74) is 1.26. The summed E-state index contributed by atoms with van der Waals surface area (Å²) < 4.78 is 13.5. The van der Waals surface area contributed by atoms with Crippen LogP contribution in [0.4, 0.5) is 5.13 Å². The van der Waals surface area contributed by atoms with E-state index in [4.69, 9.17) is 21.7 Å². The van der Waals surface area contributed by atoms with Crippen LogP contribution in [0.5, 0.6) is 11.5 Å². The second-order valence-corrected chi connectivity index (χ2v) is 7.77. The van der Waals surface area contributed by atoms with Crippen LogP contribution in [0.25, 0.3) is 0 Å². The summed E-state index contributed by atoms with van der Waals surface area (Å²) >= 11 is 6.89. The van der Waals surface area contributed by atoms with E-state index in [1.54, 1.807) is 0 Å². The molecule has 25 heavy (non-hydrogen) atoms. The number of nitrogens with one attached hydrogen (secondary N) is 1. The molecular weight excluding hydrogens is 358 g/mol. The van der Waals surface area contributed by atoms with Gasteiger partial charge < -0.3 is 14.8 Å². The van der Waals surface area contributed by atoms with Crippen molar-refractivity contribution in [3.8, 4) is 11.5 Å². The van der Waals surface area contributed by atoms with Crippen LogP contribution in [0.1, 0.15) is 5.56 Å². The Bertz CT molecular complexity index is 798. The second kappa shape index (κ2) is 7.28. The van der Waals surface area contributed by atoms with Crippen LogP contribution >= 0.6 is 23.6 Å². The number of hydrogen-bond acceptors (Lipinski definition) is 8. The molecule has 1 N–H and O–H groups in total. The number of anilines is 1. The van der Waals surface area contributed by atoms with Crippen molar-refractivity contribution >= 4 is 28.7 Å². The lowest BCUT2D eigenvalue weighted by Crippen LogP contribution is -2.46. The Balaban J connectivity index is 1.31. The smallest absolute Gasteiger partial charge is 0.231 e. The van der Waals surface area contributed by atoms with Crippen molar-refractivity contribution in [2.45, 2.75) is 13.2 Å². The monoisotopic (exact) mass is 379 g/mol. The normalized spacial score (nSPS) is 17.8. The maximum atomic E-state index is 5.46. The molecule has 0 radical (unpaired) electrons. The Labute approximate surface area is 155 Å². The van der Waals surface area contributed by atoms with Crippen molar-refractivity contribution in [2.24, 2.45) is 0 Å². The summed E-state index contributed by atoms with van der Waals surface area (Å²) in [5, 5.41) is 8.40. The lowest BCUT2D eigenvalue weighted by atomic mass is 10.1. The molecule has 2 aliphatic heterocycles. The molecule has 9 heteroatoms. The van der Waals surface area contributed by atoms with E-state index in [1.807, 2.05) is 17.8 Å². The molecule has 0 spiro atoms. The SMILES string of the molecule is CNc1nn(CN2CCN(Cc3ccc4c(c3)OCO4)CC2)c(=S)s1. The molecule has 1 aromatic heterocycles. The zero-order valence-corrected chi connectivity index (χ0v) is 15.7. The van der Waals surface area contributed by atoms with Crippen LogP contribution in [0.3, 0.4) is 0 Å². The van der Waals surface area contributed by atoms with Gasteiger partial charge in [-0.15, -0.1) is 5.10 Å². The maximum Gasteiger partial charge on any atom is 0.231 e. The fourth-order valence-electron chi connectivity index (χ4n) is 3.07. The molecule has 0 amide bonds. The minimum atomic E-state index is 0.325. The highest BCUT2D eigenvalue weighted by Crippen LogP contribution is 2.32. The zero-order valence-electron chi connectivity index (χ0n) is 14.1. The minimum absolute atomic E-state index is 0.325. The first-order chi connectivity index (χ1) is 12.2. The number of hydrogen-bond donors (Lipinski definition) is 1. The van der Waals surface area contributed by atoms with Gasteiger partial charge in [0, 0.05) is 39.8 Å². The molecule has 134 valence electrons. The highest BCUT2D eigenvalue weighted by atomic mass is 32.1. The molecule has 2 aliphatic rings. The van der Waals surface area contributed by atoms with E-state index < -0.39 is 0 Å². The van der Waals surface area contributed by atoms with Crippen LogP contribution in [0.15, 0.2) is 18.2 Å². The van der Waals surface area contributed by atoms with Gasteiger partial charge in [-0.25, -0.2) is 4.68 Å². The number of aromatic nitrogens is 2. The van der Waals surface area contributed by atoms with E-state index in [9.17, 15) is 0 Å². The molecule has 4 rings (SSSR count). The lowest BCUT2D eigenvalue weighted by molar-refractivity contribution is 0.0985. The highest BCUT2D eigenvalue weighted by Gasteiger charge is 2.19. The first-order valence-electron chi connectivity index (χ1n) is 8.30. The Hall–Kier alpha value is -1.68. The average Bonchev–Trinajstić information content (AvgIpc) is 3.23. The molecule has 7 nitrogen and oxygen atoms in total. The number of piperazine rings is 1. The van der Waals surface area contributed by atoms with Gasteiger partial charge in [0.05, 0.1) is 6.67 Å². The van der Waals surface area contributed by atoms with Crippen LogP contribution < -0.4 is 14.8 Å². The van der Waals surface area contributed by atoms with E-state index in [-0.39, 0.29) is 0 Å². The van der Waals surface area contributed by atoms with Gasteiger partial charge >= 0.3 is 0 Å². The standard InChI is InChI=1S/C16H21N5O2S2/c1-17-15-18-21(16(24)25-15)10-20-6-4-19(5-7-20)9-12-2-3-13-14(8-12)23-11-22-13/h2-3,8H,4-7,9-11H2,1H3,(H,17,18). The molecule has 1 aromatic carbocycles. The van der Waals surface area contributed by atoms with Crippen LogP contribution in [-0.2, 0) is 13.2 Å². The van der Waals surface area contributed by atoms with Gasteiger partial charge in [-0.3, -0.25) is 9.80 Å². The Morgan fingerprint density at radius 2 is 1.92 bits per heavy atom. The first kappa shape index (κ1) is 16.8. The highest BCUT2D eigenvalue weighted by molar-refractivity contribution is 7.73. The molecule has 1 fully saturated rings. The summed E-state index contributed by atoms with van der Waals surface area (Å²) in [5.74, 6) is 1.70. The van der Waals surface area contributed by atoms with Gasteiger partial charge in [0.2, 0.25) is 11.9 Å². The summed E-state index contributed by atoms with van der Waals surface area (Å²) in [6, 6.07) is 6.20. The Kier molecular flexibility index (Phi) is 4.89. The van der Waals surface area contributed by atoms with Gasteiger partial charge in [-0.2, -0.15) is 0 Å². The zero-order chi connectivity index (χ0) is 17.2. The molecule has 1 saturated heterocycles. The van der Waals surface area contributed by atoms with Crippen molar-refractivity contribution in [2.75, 3.05) is 45.3 Å². The largest absolute Gasteiger partial charge is 0.454 e. The van der Waals surface area contributed by atoms with Crippen molar-refractivity contribution in [3.63, 3.8) is 0 Å². The maximum absolute atomic E-state index is 5.46. The lowest BCUT2D eigenvalue weighted by Gasteiger charge is -2.34. The van der Waals surface area contributed by atoms with E-state index in [0.717, 1.165) is 60.0 Å². The van der Waals surface area contributed by atoms with Gasteiger partial charge in [-0.1, -0.05) is 17.4 Å². The van der Waals surface area contributed by atoms with Gasteiger partial charge in [0.1, 0.15) is 0 Å². The third-order valence-corrected chi connectivity index (χ3v) is 5.79. The first-order valence-corrected chi connectivity index (χ1v) is 9.53. The van der Waals surface area contributed by atoms with Crippen molar-refractivity contribution in [3.05, 3.63) is 27.7 Å². The summed E-state index contributed by atoms with van der Waals surface area (Å²) in [7, 11) is 1.87. The molecule has 2 aromatic rings. The number of nitrogens with zero attached hydrogens (tertiary/aromatic N) is 4. The van der Waals surface area contributed by atoms with Gasteiger partial charge in [0.15, 0.2) is 15.5 Å². The number of rotatable bonds is 5. The van der Waals surface area contributed by atoms with Gasteiger partial charge in [0.25, 0.3) is 0 Å². The second-order valence-electron chi connectivity index (χ2n) is 6.15. The number of benzene rings is 1. The molecule has 0 atom stereocenters. The molecule has 0 saturated carbocycles. The summed E-state index contributed by atoms with van der Waals surface area (Å²) in [6.45, 7) is 6.11. The van der Waals surface area contributed by atoms with Crippen molar-refractivity contribution < 1.29 is 9.47 Å².